The quantitative estimate of drug-likeness (QED) is 0.423. The van der Waals surface area contributed by atoms with E-state index < -0.39 is 23.9 Å². The molecule has 2 amide bonds. The number of carbonyl (C=O) groups excluding carboxylic acids is 3. The molecule has 0 spiro atoms. The van der Waals surface area contributed by atoms with Gasteiger partial charge in [-0.15, -0.1) is 11.3 Å². The first-order chi connectivity index (χ1) is 16.1. The second kappa shape index (κ2) is 7.52. The van der Waals surface area contributed by atoms with Crippen LogP contribution in [0, 0.1) is 11.8 Å². The van der Waals surface area contributed by atoms with E-state index >= 15 is 0 Å². The first-order valence-corrected chi connectivity index (χ1v) is 12.0. The fourth-order valence-electron chi connectivity index (χ4n) is 5.71. The third-order valence-electron chi connectivity index (χ3n) is 7.20. The van der Waals surface area contributed by atoms with Gasteiger partial charge in [0.05, 0.1) is 28.8 Å². The highest BCUT2D eigenvalue weighted by Gasteiger charge is 2.64. The van der Waals surface area contributed by atoms with Gasteiger partial charge >= 0.3 is 0 Å². The highest BCUT2D eigenvalue weighted by molar-refractivity contribution is 7.12. The Balaban J connectivity index is 1.48. The molecule has 6 rings (SSSR count). The van der Waals surface area contributed by atoms with Crippen LogP contribution in [0.2, 0.25) is 0 Å². The minimum atomic E-state index is -0.709. The molecule has 33 heavy (non-hydrogen) atoms. The third-order valence-corrected chi connectivity index (χ3v) is 8.08. The summed E-state index contributed by atoms with van der Waals surface area (Å²) in [6.45, 7) is 1.88. The third kappa shape index (κ3) is 2.87. The molecule has 0 saturated carbocycles. The number of thiophene rings is 1. The van der Waals surface area contributed by atoms with Gasteiger partial charge in [-0.1, -0.05) is 60.7 Å². The highest BCUT2D eigenvalue weighted by Crippen LogP contribution is 2.54. The molecular formula is C27H22N2O3S. The van der Waals surface area contributed by atoms with Crippen LogP contribution in [-0.2, 0) is 9.59 Å². The molecule has 164 valence electrons. The molecule has 2 fully saturated rings. The van der Waals surface area contributed by atoms with E-state index in [-0.39, 0.29) is 23.6 Å². The number of amides is 2. The summed E-state index contributed by atoms with van der Waals surface area (Å²) >= 11 is 1.37. The highest BCUT2D eigenvalue weighted by atomic mass is 32.1. The van der Waals surface area contributed by atoms with E-state index in [4.69, 9.17) is 0 Å². The van der Waals surface area contributed by atoms with E-state index in [1.807, 2.05) is 90.1 Å². The summed E-state index contributed by atoms with van der Waals surface area (Å²) in [6, 6.07) is 19.7. The standard InChI is InChI=1S/C27H22N2O3S/c1-16(17-8-3-2-4-9-17)29-26(31)21-22(27(29)32)24(25(30)20-12-7-15-33-20)28-14-13-18-10-5-6-11-19(18)23(21)28/h2-16,21-24H,1H3/t16-,21+,22-,23+,24-/m1/s1. The first-order valence-electron chi connectivity index (χ1n) is 11.1. The van der Waals surface area contributed by atoms with Gasteiger partial charge in [-0.05, 0) is 41.1 Å². The average Bonchev–Trinajstić information content (AvgIpc) is 3.55. The molecule has 2 aromatic carbocycles. The van der Waals surface area contributed by atoms with Gasteiger partial charge in [0.25, 0.3) is 0 Å². The average molecular weight is 455 g/mol. The Hall–Kier alpha value is -3.51. The van der Waals surface area contributed by atoms with Crippen molar-refractivity contribution in [3.8, 4) is 0 Å². The predicted octanol–water partition coefficient (Wildman–Crippen LogP) is 4.70. The summed E-state index contributed by atoms with van der Waals surface area (Å²) in [5, 5.41) is 1.86. The lowest BCUT2D eigenvalue weighted by molar-refractivity contribution is -0.143. The lowest BCUT2D eigenvalue weighted by atomic mass is 9.84. The number of benzene rings is 2. The number of likely N-dealkylation sites (tertiary alicyclic amines) is 1. The van der Waals surface area contributed by atoms with Crippen LogP contribution in [-0.4, -0.2) is 33.4 Å². The van der Waals surface area contributed by atoms with Crippen molar-refractivity contribution in [2.45, 2.75) is 25.0 Å². The van der Waals surface area contributed by atoms with Gasteiger partial charge in [-0.2, -0.15) is 0 Å². The normalized spacial score (nSPS) is 26.2. The minimum Gasteiger partial charge on any atom is -0.358 e. The summed E-state index contributed by atoms with van der Waals surface area (Å²) in [6.07, 6.45) is 3.87. The molecule has 6 heteroatoms. The van der Waals surface area contributed by atoms with Gasteiger partial charge in [0.2, 0.25) is 11.8 Å². The van der Waals surface area contributed by atoms with Gasteiger partial charge in [-0.3, -0.25) is 19.3 Å². The molecule has 0 bridgehead atoms. The molecule has 5 nitrogen and oxygen atoms in total. The van der Waals surface area contributed by atoms with Crippen molar-refractivity contribution in [3.63, 3.8) is 0 Å². The Morgan fingerprint density at radius 3 is 2.39 bits per heavy atom. The smallest absolute Gasteiger partial charge is 0.236 e. The number of fused-ring (bicyclic) bond motifs is 5. The second-order valence-electron chi connectivity index (χ2n) is 8.81. The van der Waals surface area contributed by atoms with Crippen LogP contribution in [0.25, 0.3) is 6.08 Å². The van der Waals surface area contributed by atoms with Crippen LogP contribution in [0.1, 0.15) is 45.4 Å². The molecule has 0 unspecified atom stereocenters. The maximum absolute atomic E-state index is 13.9. The van der Waals surface area contributed by atoms with Crippen molar-refractivity contribution in [2.75, 3.05) is 0 Å². The second-order valence-corrected chi connectivity index (χ2v) is 9.76. The Labute approximate surface area is 195 Å². The number of carbonyl (C=O) groups is 3. The summed E-state index contributed by atoms with van der Waals surface area (Å²) in [7, 11) is 0. The monoisotopic (exact) mass is 454 g/mol. The SMILES string of the molecule is C[C@H](c1ccccc1)N1C(=O)[C@@H]2[C@H](C1=O)[C@@H]1c3ccccc3C=CN1[C@H]2C(=O)c1cccs1. The minimum absolute atomic E-state index is 0.0955. The number of hydrogen-bond donors (Lipinski definition) is 0. The van der Waals surface area contributed by atoms with Crippen molar-refractivity contribution in [1.82, 2.24) is 9.80 Å². The van der Waals surface area contributed by atoms with Crippen LogP contribution >= 0.6 is 11.3 Å². The zero-order valence-corrected chi connectivity index (χ0v) is 18.8. The van der Waals surface area contributed by atoms with Gasteiger partial charge in [0.15, 0.2) is 5.78 Å². The van der Waals surface area contributed by atoms with Crippen molar-refractivity contribution in [3.05, 3.63) is 99.9 Å². The molecule has 5 atom stereocenters. The first kappa shape index (κ1) is 20.1. The fraction of sp³-hybridized carbons (Fsp3) is 0.222. The molecule has 4 heterocycles. The molecule has 1 aromatic heterocycles. The topological polar surface area (TPSA) is 57.7 Å². The van der Waals surface area contributed by atoms with Gasteiger partial charge in [-0.25, -0.2) is 0 Å². The number of rotatable bonds is 4. The van der Waals surface area contributed by atoms with Gasteiger partial charge < -0.3 is 4.90 Å². The zero-order chi connectivity index (χ0) is 22.7. The summed E-state index contributed by atoms with van der Waals surface area (Å²) in [5.74, 6) is -1.84. The number of Topliss-reactive ketones (excluding diaryl/α,β-unsaturated/α-hetero) is 1. The molecular weight excluding hydrogens is 432 g/mol. The maximum Gasteiger partial charge on any atom is 0.236 e. The molecule has 0 N–H and O–H groups in total. The lowest BCUT2D eigenvalue weighted by Crippen LogP contribution is -2.44. The van der Waals surface area contributed by atoms with E-state index in [2.05, 4.69) is 0 Å². The van der Waals surface area contributed by atoms with Crippen molar-refractivity contribution < 1.29 is 14.4 Å². The van der Waals surface area contributed by atoms with Crippen LogP contribution in [0.15, 0.2) is 78.3 Å². The van der Waals surface area contributed by atoms with E-state index in [1.54, 1.807) is 6.07 Å². The van der Waals surface area contributed by atoms with Crippen LogP contribution in [0.3, 0.4) is 0 Å². The molecule has 2 saturated heterocycles. The summed E-state index contributed by atoms with van der Waals surface area (Å²) in [5.41, 5.74) is 2.92. The number of imide groups is 1. The van der Waals surface area contributed by atoms with Gasteiger partial charge in [0, 0.05) is 6.20 Å². The number of hydrogen-bond acceptors (Lipinski definition) is 5. The lowest BCUT2D eigenvalue weighted by Gasteiger charge is -2.36. The van der Waals surface area contributed by atoms with Crippen LogP contribution in [0.4, 0.5) is 0 Å². The van der Waals surface area contributed by atoms with Gasteiger partial charge in [0.1, 0.15) is 6.04 Å². The van der Waals surface area contributed by atoms with E-state index in [9.17, 15) is 14.4 Å². The van der Waals surface area contributed by atoms with E-state index in [0.29, 0.717) is 4.88 Å². The Bertz CT molecular complexity index is 1280. The molecule has 0 radical (unpaired) electrons. The van der Waals surface area contributed by atoms with E-state index in [1.165, 1.54) is 16.2 Å². The summed E-state index contributed by atoms with van der Waals surface area (Å²) in [4.78, 5) is 45.4. The zero-order valence-electron chi connectivity index (χ0n) is 18.0. The van der Waals surface area contributed by atoms with E-state index in [0.717, 1.165) is 16.7 Å². The molecule has 0 aliphatic carbocycles. The molecule has 3 aromatic rings. The maximum atomic E-state index is 13.9. The van der Waals surface area contributed by atoms with Crippen molar-refractivity contribution in [2.24, 2.45) is 11.8 Å². The number of nitrogens with zero attached hydrogens (tertiary/aromatic N) is 2. The summed E-state index contributed by atoms with van der Waals surface area (Å²) < 4.78 is 0. The largest absolute Gasteiger partial charge is 0.358 e. The van der Waals surface area contributed by atoms with Crippen molar-refractivity contribution in [1.29, 1.82) is 0 Å². The Morgan fingerprint density at radius 1 is 0.909 bits per heavy atom. The van der Waals surface area contributed by atoms with Crippen LogP contribution in [0.5, 0.6) is 0 Å². The number of ketones is 1. The van der Waals surface area contributed by atoms with Crippen molar-refractivity contribution >= 4 is 35.0 Å². The Morgan fingerprint density at radius 2 is 1.64 bits per heavy atom. The Kier molecular flexibility index (Phi) is 4.59. The fourth-order valence-corrected chi connectivity index (χ4v) is 6.40. The molecule has 3 aliphatic heterocycles. The molecule has 3 aliphatic rings. The predicted molar refractivity (Wildman–Crippen MR) is 126 cm³/mol. The van der Waals surface area contributed by atoms with Crippen LogP contribution < -0.4 is 0 Å².